The molecule has 0 fully saturated rings. The van der Waals surface area contributed by atoms with Gasteiger partial charge in [-0.05, 0) is 48.5 Å². The molecule has 0 bridgehead atoms. The molecular formula is C20H20AgN4O8S2-2. The largest absolute Gasteiger partial charge is 0.724 e. The first-order valence-corrected chi connectivity index (χ1v) is 11.6. The first-order chi connectivity index (χ1) is 16.2. The Hall–Kier alpha value is -2.92. The average Bonchev–Trinajstić information content (AvgIpc) is 2.88. The molecule has 0 aliphatic carbocycles. The topological polar surface area (TPSA) is 184 Å². The van der Waals surface area contributed by atoms with Crippen molar-refractivity contribution in [2.24, 2.45) is 0 Å². The molecule has 4 rings (SSSR count). The normalized spacial score (nSPS) is 9.31. The van der Waals surface area contributed by atoms with Gasteiger partial charge in [0.2, 0.25) is 20.8 Å². The molecule has 0 saturated heterocycles. The number of pyridine rings is 4. The molecule has 0 aromatic carbocycles. The van der Waals surface area contributed by atoms with Crippen LogP contribution in [0.1, 0.15) is 0 Å². The van der Waals surface area contributed by atoms with E-state index in [-0.39, 0.29) is 22.4 Å². The molecule has 0 unspecified atom stereocenters. The van der Waals surface area contributed by atoms with E-state index in [1.165, 1.54) is 0 Å². The van der Waals surface area contributed by atoms with E-state index in [1.807, 2.05) is 72.8 Å². The van der Waals surface area contributed by atoms with Gasteiger partial charge in [0.25, 0.3) is 0 Å². The number of rotatable bonds is 3. The van der Waals surface area contributed by atoms with Crippen LogP contribution in [0.2, 0.25) is 0 Å². The van der Waals surface area contributed by atoms with Gasteiger partial charge in [-0.15, -0.1) is 8.67 Å². The van der Waals surface area contributed by atoms with E-state index in [0.29, 0.717) is 0 Å². The second kappa shape index (κ2) is 22.9. The molecule has 0 spiro atoms. The second-order valence-corrected chi connectivity index (χ2v) is 6.96. The van der Waals surface area contributed by atoms with Crippen LogP contribution in [0.25, 0.3) is 0 Å². The Balaban J connectivity index is 0. The van der Waals surface area contributed by atoms with Crippen LogP contribution in [0.5, 0.6) is 0 Å². The minimum atomic E-state index is -5.31. The molecule has 0 atom stereocenters. The van der Waals surface area contributed by atoms with Crippen molar-refractivity contribution in [2.45, 2.75) is 0 Å². The molecule has 12 nitrogen and oxygen atoms in total. The fraction of sp³-hybridized carbons (Fsp3) is 0. The SMILES string of the molecule is O=S(=O)([O-])OOS(=O)(=O)[O-].[Ag].c1ccncc1.c1ccncc1.c1ccncc1.c1ccncc1. The number of hydrogen-bond acceptors (Lipinski definition) is 12. The first kappa shape index (κ1) is 34.2. The molecule has 1 radical (unpaired) electrons. The summed E-state index contributed by atoms with van der Waals surface area (Å²) in [5, 5.41) is 0. The Kier molecular flexibility index (Phi) is 22.4. The van der Waals surface area contributed by atoms with Crippen molar-refractivity contribution in [1.29, 1.82) is 0 Å². The third-order valence-corrected chi connectivity index (χ3v) is 3.02. The van der Waals surface area contributed by atoms with Crippen LogP contribution in [0.4, 0.5) is 0 Å². The number of nitrogens with zero attached hydrogens (tertiary/aromatic N) is 4. The fourth-order valence-corrected chi connectivity index (χ4v) is 1.86. The van der Waals surface area contributed by atoms with Crippen molar-refractivity contribution >= 4 is 20.8 Å². The Labute approximate surface area is 219 Å². The van der Waals surface area contributed by atoms with E-state index in [1.54, 1.807) is 49.6 Å². The summed E-state index contributed by atoms with van der Waals surface area (Å²) < 4.78 is 61.5. The predicted molar refractivity (Wildman–Crippen MR) is 119 cm³/mol. The molecule has 4 heterocycles. The summed E-state index contributed by atoms with van der Waals surface area (Å²) in [6.45, 7) is 0. The van der Waals surface area contributed by atoms with Crippen LogP contribution >= 0.6 is 0 Å². The van der Waals surface area contributed by atoms with Crippen molar-refractivity contribution in [2.75, 3.05) is 0 Å². The van der Waals surface area contributed by atoms with Gasteiger partial charge in [-0.2, -0.15) is 0 Å². The van der Waals surface area contributed by atoms with E-state index in [4.69, 9.17) is 0 Å². The molecule has 35 heavy (non-hydrogen) atoms. The molecule has 193 valence electrons. The standard InChI is InChI=1S/4C5H5N.Ag.H2O8S2/c4*1-2-4-6-5-3-1;;1-9(2,3)7-8-10(4,5)6/h4*1-5H;;(H,1,2,3)(H,4,5,6)/p-2. The summed E-state index contributed by atoms with van der Waals surface area (Å²) in [5.74, 6) is 0. The van der Waals surface area contributed by atoms with Crippen molar-refractivity contribution < 1.29 is 57.0 Å². The Morgan fingerprint density at radius 1 is 0.400 bits per heavy atom. The minimum absolute atomic E-state index is 0. The van der Waals surface area contributed by atoms with E-state index in [0.717, 1.165) is 0 Å². The van der Waals surface area contributed by atoms with Crippen LogP contribution in [0, 0.1) is 0 Å². The zero-order chi connectivity index (χ0) is 25.4. The van der Waals surface area contributed by atoms with Gasteiger partial charge in [-0.25, -0.2) is 16.8 Å². The maximum absolute atomic E-state index is 9.37. The molecule has 0 amide bonds. The van der Waals surface area contributed by atoms with Gasteiger partial charge in [0.1, 0.15) is 0 Å². The average molecular weight is 616 g/mol. The van der Waals surface area contributed by atoms with Gasteiger partial charge < -0.3 is 9.11 Å². The Morgan fingerprint density at radius 3 is 0.629 bits per heavy atom. The van der Waals surface area contributed by atoms with Gasteiger partial charge in [0.05, 0.1) is 0 Å². The minimum Gasteiger partial charge on any atom is -0.724 e. The van der Waals surface area contributed by atoms with E-state index in [2.05, 4.69) is 28.6 Å². The van der Waals surface area contributed by atoms with Gasteiger partial charge in [0.15, 0.2) is 0 Å². The molecule has 0 saturated carbocycles. The molecule has 0 aliphatic heterocycles. The third kappa shape index (κ3) is 33.3. The monoisotopic (exact) mass is 615 g/mol. The zero-order valence-electron chi connectivity index (χ0n) is 17.7. The van der Waals surface area contributed by atoms with Crippen molar-refractivity contribution in [3.8, 4) is 0 Å². The zero-order valence-corrected chi connectivity index (χ0v) is 20.8. The van der Waals surface area contributed by atoms with Crippen LogP contribution in [-0.4, -0.2) is 45.9 Å². The van der Waals surface area contributed by atoms with Gasteiger partial charge in [-0.3, -0.25) is 19.9 Å². The molecule has 4 aromatic rings. The predicted octanol–water partition coefficient (Wildman–Crippen LogP) is 2.18. The first-order valence-electron chi connectivity index (χ1n) is 8.90. The van der Waals surface area contributed by atoms with Gasteiger partial charge >= 0.3 is 0 Å². The Morgan fingerprint density at radius 2 is 0.571 bits per heavy atom. The van der Waals surface area contributed by atoms with Crippen molar-refractivity contribution in [3.63, 3.8) is 0 Å². The Bertz CT molecular complexity index is 884. The molecular weight excluding hydrogens is 596 g/mol. The van der Waals surface area contributed by atoms with Gasteiger partial charge in [-0.1, -0.05) is 24.3 Å². The van der Waals surface area contributed by atoms with Gasteiger partial charge in [0, 0.05) is 72.0 Å². The fourth-order valence-electron chi connectivity index (χ4n) is 1.32. The summed E-state index contributed by atoms with van der Waals surface area (Å²) in [4.78, 5) is 15.1. The van der Waals surface area contributed by atoms with E-state index < -0.39 is 20.8 Å². The second-order valence-electron chi connectivity index (χ2n) is 5.05. The van der Waals surface area contributed by atoms with E-state index in [9.17, 15) is 25.9 Å². The molecule has 4 aromatic heterocycles. The quantitative estimate of drug-likeness (QED) is 0.108. The van der Waals surface area contributed by atoms with Crippen LogP contribution in [-0.2, 0) is 51.8 Å². The molecule has 15 heteroatoms. The number of hydrogen-bond donors (Lipinski definition) is 0. The third-order valence-electron chi connectivity index (χ3n) is 2.46. The summed E-state index contributed by atoms with van der Waals surface area (Å²) >= 11 is 0. The van der Waals surface area contributed by atoms with Crippen LogP contribution < -0.4 is 0 Å². The van der Waals surface area contributed by atoms with E-state index >= 15 is 0 Å². The summed E-state index contributed by atoms with van der Waals surface area (Å²) in [6, 6.07) is 22.9. The van der Waals surface area contributed by atoms with Crippen molar-refractivity contribution in [1.82, 2.24) is 19.9 Å². The summed E-state index contributed by atoms with van der Waals surface area (Å²) in [7, 11) is -10.6. The van der Waals surface area contributed by atoms with Crippen LogP contribution in [0.15, 0.2) is 122 Å². The molecule has 0 N–H and O–H groups in total. The number of aromatic nitrogens is 4. The maximum atomic E-state index is 9.37. The smallest absolute Gasteiger partial charge is 0.246 e. The summed E-state index contributed by atoms with van der Waals surface area (Å²) in [6.07, 6.45) is 14.0. The molecule has 0 aliphatic rings. The van der Waals surface area contributed by atoms with Crippen LogP contribution in [0.3, 0.4) is 0 Å². The summed E-state index contributed by atoms with van der Waals surface area (Å²) in [5.41, 5.74) is 0. The van der Waals surface area contributed by atoms with Crippen molar-refractivity contribution in [3.05, 3.63) is 122 Å². The maximum Gasteiger partial charge on any atom is 0.246 e.